The van der Waals surface area contributed by atoms with E-state index in [1.165, 1.54) is 4.90 Å². The van der Waals surface area contributed by atoms with Gasteiger partial charge >= 0.3 is 12.0 Å². The van der Waals surface area contributed by atoms with Gasteiger partial charge in [0.15, 0.2) is 6.10 Å². The first kappa shape index (κ1) is 11.7. The third-order valence-corrected chi connectivity index (χ3v) is 2.65. The summed E-state index contributed by atoms with van der Waals surface area (Å²) in [7, 11) is 0. The summed E-state index contributed by atoms with van der Waals surface area (Å²) in [6.45, 7) is 0.536. The van der Waals surface area contributed by atoms with Crippen molar-refractivity contribution in [3.8, 4) is 0 Å². The Hall–Kier alpha value is -1.81. The van der Waals surface area contributed by atoms with E-state index < -0.39 is 18.1 Å². The number of carboxylic acids is 1. The summed E-state index contributed by atoms with van der Waals surface area (Å²) >= 11 is 0.944. The van der Waals surface area contributed by atoms with E-state index in [-0.39, 0.29) is 18.3 Å². The number of aliphatic carboxylic acids is 1. The van der Waals surface area contributed by atoms with Crippen LogP contribution in [-0.2, 0) is 9.53 Å². The minimum atomic E-state index is -1.08. The smallest absolute Gasteiger partial charge is 0.334 e. The standard InChI is InChI=1S/C7H9N5O4S/c13-5(14)4-3-12(1-2-16-4)7(15)8-6-9-10-11-17-6/h4H,1-3H2,(H,13,14)(H,8,9,11,15). The molecule has 1 saturated heterocycles. The maximum atomic E-state index is 11.7. The predicted molar refractivity (Wildman–Crippen MR) is 55.7 cm³/mol. The number of ether oxygens (including phenoxy) is 1. The molecule has 0 radical (unpaired) electrons. The molecule has 10 heteroatoms. The average molecular weight is 259 g/mol. The number of carboxylic acid groups (broad SMARTS) is 1. The molecule has 92 valence electrons. The lowest BCUT2D eigenvalue weighted by atomic mass is 10.3. The SMILES string of the molecule is O=C(O)C1CN(C(=O)Nc2nnns2)CCO1. The molecule has 2 N–H and O–H groups in total. The quantitative estimate of drug-likeness (QED) is 0.717. The normalized spacial score (nSPS) is 20.0. The van der Waals surface area contributed by atoms with Gasteiger partial charge in [-0.1, -0.05) is 9.59 Å². The minimum Gasteiger partial charge on any atom is -0.479 e. The number of urea groups is 1. The summed E-state index contributed by atoms with van der Waals surface area (Å²) in [6.07, 6.45) is -0.984. The Balaban J connectivity index is 1.93. The van der Waals surface area contributed by atoms with Gasteiger partial charge in [0.2, 0.25) is 5.13 Å². The van der Waals surface area contributed by atoms with Crippen molar-refractivity contribution in [3.05, 3.63) is 0 Å². The Labute approximate surface area is 99.5 Å². The second-order valence-electron chi connectivity index (χ2n) is 3.24. The maximum absolute atomic E-state index is 11.7. The van der Waals surface area contributed by atoms with Crippen molar-refractivity contribution < 1.29 is 19.4 Å². The predicted octanol–water partition coefficient (Wildman–Crippen LogP) is -0.750. The van der Waals surface area contributed by atoms with Crippen LogP contribution < -0.4 is 5.32 Å². The highest BCUT2D eigenvalue weighted by Crippen LogP contribution is 2.10. The van der Waals surface area contributed by atoms with Gasteiger partial charge in [-0.05, 0) is 5.21 Å². The van der Waals surface area contributed by atoms with Crippen molar-refractivity contribution in [1.82, 2.24) is 19.7 Å². The Morgan fingerprint density at radius 2 is 2.41 bits per heavy atom. The van der Waals surface area contributed by atoms with Crippen LogP contribution >= 0.6 is 11.5 Å². The molecule has 2 heterocycles. The lowest BCUT2D eigenvalue weighted by Gasteiger charge is -2.30. The van der Waals surface area contributed by atoms with Crippen molar-refractivity contribution >= 4 is 28.7 Å². The Morgan fingerprint density at radius 3 is 3.06 bits per heavy atom. The molecule has 1 aromatic heterocycles. The molecule has 1 aromatic rings. The van der Waals surface area contributed by atoms with Crippen molar-refractivity contribution in [2.24, 2.45) is 0 Å². The van der Waals surface area contributed by atoms with Crippen molar-refractivity contribution in [2.75, 3.05) is 25.0 Å². The fourth-order valence-corrected chi connectivity index (χ4v) is 1.69. The number of carbonyl (C=O) groups is 2. The molecular formula is C7H9N5O4S. The summed E-state index contributed by atoms with van der Waals surface area (Å²) in [5.41, 5.74) is 0. The lowest BCUT2D eigenvalue weighted by molar-refractivity contribution is -0.154. The van der Waals surface area contributed by atoms with Crippen LogP contribution in [0.1, 0.15) is 0 Å². The number of carbonyl (C=O) groups excluding carboxylic acids is 1. The third-order valence-electron chi connectivity index (χ3n) is 2.14. The van der Waals surface area contributed by atoms with E-state index in [4.69, 9.17) is 9.84 Å². The minimum absolute atomic E-state index is 0.00734. The van der Waals surface area contributed by atoms with Gasteiger partial charge in [-0.2, -0.15) is 0 Å². The Bertz CT molecular complexity index is 410. The molecule has 17 heavy (non-hydrogen) atoms. The largest absolute Gasteiger partial charge is 0.479 e. The topological polar surface area (TPSA) is 118 Å². The van der Waals surface area contributed by atoms with Gasteiger partial charge in [0, 0.05) is 18.1 Å². The molecule has 2 rings (SSSR count). The van der Waals surface area contributed by atoms with E-state index in [1.54, 1.807) is 0 Å². The number of nitrogens with zero attached hydrogens (tertiary/aromatic N) is 4. The number of hydrogen-bond donors (Lipinski definition) is 2. The van der Waals surface area contributed by atoms with Crippen LogP contribution in [0, 0.1) is 0 Å². The number of hydrogen-bond acceptors (Lipinski definition) is 7. The molecule has 9 nitrogen and oxygen atoms in total. The summed E-state index contributed by atoms with van der Waals surface area (Å²) in [5.74, 6) is -1.08. The molecular weight excluding hydrogens is 250 g/mol. The van der Waals surface area contributed by atoms with Gasteiger partial charge in [0.05, 0.1) is 13.2 Å². The Kier molecular flexibility index (Phi) is 3.44. The molecule has 0 bridgehead atoms. The molecule has 0 saturated carbocycles. The number of amides is 2. The van der Waals surface area contributed by atoms with Gasteiger partial charge in [-0.3, -0.25) is 5.32 Å². The van der Waals surface area contributed by atoms with Crippen LogP contribution in [0.2, 0.25) is 0 Å². The summed E-state index contributed by atoms with van der Waals surface area (Å²) in [5, 5.41) is 18.4. The van der Waals surface area contributed by atoms with Crippen LogP contribution in [0.3, 0.4) is 0 Å². The second kappa shape index (κ2) is 5.01. The zero-order chi connectivity index (χ0) is 12.3. The molecule has 0 aliphatic carbocycles. The van der Waals surface area contributed by atoms with Crippen LogP contribution in [0.4, 0.5) is 9.93 Å². The first-order chi connectivity index (χ1) is 8.16. The van der Waals surface area contributed by atoms with Gasteiger partial charge in [0.1, 0.15) is 0 Å². The molecule has 1 aliphatic heterocycles. The molecule has 1 unspecified atom stereocenters. The highest BCUT2D eigenvalue weighted by atomic mass is 32.1. The maximum Gasteiger partial charge on any atom is 0.334 e. The molecule has 1 aliphatic rings. The number of aromatic nitrogens is 3. The van der Waals surface area contributed by atoms with Crippen LogP contribution in [0.5, 0.6) is 0 Å². The van der Waals surface area contributed by atoms with Crippen molar-refractivity contribution in [1.29, 1.82) is 0 Å². The second-order valence-corrected chi connectivity index (χ2v) is 3.97. The first-order valence-corrected chi connectivity index (χ1v) is 5.49. The van der Waals surface area contributed by atoms with E-state index in [2.05, 4.69) is 20.1 Å². The summed E-state index contributed by atoms with van der Waals surface area (Å²) < 4.78 is 8.49. The molecule has 1 fully saturated rings. The summed E-state index contributed by atoms with van der Waals surface area (Å²) in [4.78, 5) is 23.8. The molecule has 0 spiro atoms. The van der Waals surface area contributed by atoms with Crippen LogP contribution in [0.25, 0.3) is 0 Å². The lowest BCUT2D eigenvalue weighted by Crippen LogP contribution is -2.49. The van der Waals surface area contributed by atoms with Gasteiger partial charge < -0.3 is 14.7 Å². The molecule has 1 atom stereocenters. The molecule has 0 aromatic carbocycles. The van der Waals surface area contributed by atoms with Crippen LogP contribution in [0.15, 0.2) is 0 Å². The number of morpholine rings is 1. The van der Waals surface area contributed by atoms with Gasteiger partial charge in [0.25, 0.3) is 0 Å². The highest BCUT2D eigenvalue weighted by molar-refractivity contribution is 7.09. The average Bonchev–Trinajstić information content (AvgIpc) is 2.82. The zero-order valence-corrected chi connectivity index (χ0v) is 9.38. The fraction of sp³-hybridized carbons (Fsp3) is 0.571. The zero-order valence-electron chi connectivity index (χ0n) is 8.57. The van der Waals surface area contributed by atoms with Gasteiger partial charge in [-0.15, -0.1) is 0 Å². The summed E-state index contributed by atoms with van der Waals surface area (Å²) in [6, 6.07) is -0.432. The van der Waals surface area contributed by atoms with E-state index in [1.807, 2.05) is 0 Å². The van der Waals surface area contributed by atoms with E-state index in [0.717, 1.165) is 11.5 Å². The molecule has 2 amide bonds. The number of nitrogens with one attached hydrogen (secondary N) is 1. The van der Waals surface area contributed by atoms with E-state index in [0.29, 0.717) is 6.54 Å². The first-order valence-electron chi connectivity index (χ1n) is 4.72. The number of anilines is 1. The monoisotopic (exact) mass is 259 g/mol. The highest BCUT2D eigenvalue weighted by Gasteiger charge is 2.29. The van der Waals surface area contributed by atoms with Gasteiger partial charge in [-0.25, -0.2) is 9.59 Å². The van der Waals surface area contributed by atoms with Crippen LogP contribution in [-0.4, -0.2) is 62.6 Å². The number of rotatable bonds is 2. The van der Waals surface area contributed by atoms with E-state index in [9.17, 15) is 9.59 Å². The Morgan fingerprint density at radius 1 is 1.59 bits per heavy atom. The fourth-order valence-electron chi connectivity index (χ4n) is 1.34. The van der Waals surface area contributed by atoms with Crippen molar-refractivity contribution in [3.63, 3.8) is 0 Å². The van der Waals surface area contributed by atoms with Crippen molar-refractivity contribution in [2.45, 2.75) is 6.10 Å². The third kappa shape index (κ3) is 2.85. The van der Waals surface area contributed by atoms with E-state index >= 15 is 0 Å².